The third kappa shape index (κ3) is 6.38. The number of hydrogen-bond acceptors (Lipinski definition) is 6. The van der Waals surface area contributed by atoms with Crippen molar-refractivity contribution in [2.75, 3.05) is 38.6 Å². The Bertz CT molecular complexity index is 1130. The molecule has 2 amide bonds. The molecule has 1 aliphatic carbocycles. The summed E-state index contributed by atoms with van der Waals surface area (Å²) in [5.41, 5.74) is 2.00. The summed E-state index contributed by atoms with van der Waals surface area (Å²) in [6, 6.07) is 6.64. The Balaban J connectivity index is 1.65. The first kappa shape index (κ1) is 28.1. The highest BCUT2D eigenvalue weighted by Gasteiger charge is 2.35. The van der Waals surface area contributed by atoms with Crippen LogP contribution in [-0.2, 0) is 7.05 Å². The molecule has 3 atom stereocenters. The third-order valence-corrected chi connectivity index (χ3v) is 7.96. The van der Waals surface area contributed by atoms with Crippen molar-refractivity contribution in [2.24, 2.45) is 18.9 Å². The number of para-hydroxylation sites is 1. The van der Waals surface area contributed by atoms with Gasteiger partial charge in [0.05, 0.1) is 29.6 Å². The van der Waals surface area contributed by atoms with Gasteiger partial charge in [0, 0.05) is 32.6 Å². The van der Waals surface area contributed by atoms with Crippen molar-refractivity contribution in [1.82, 2.24) is 19.6 Å². The molecule has 208 valence electrons. The fourth-order valence-electron chi connectivity index (χ4n) is 5.76. The molecule has 0 saturated heterocycles. The fourth-order valence-corrected chi connectivity index (χ4v) is 5.76. The van der Waals surface area contributed by atoms with Gasteiger partial charge in [0.2, 0.25) is 0 Å². The van der Waals surface area contributed by atoms with E-state index >= 15 is 0 Å². The molecule has 1 aromatic heterocycles. The van der Waals surface area contributed by atoms with Crippen LogP contribution >= 0.6 is 0 Å². The maximum atomic E-state index is 13.7. The van der Waals surface area contributed by atoms with E-state index < -0.39 is 0 Å². The zero-order chi connectivity index (χ0) is 27.4. The number of rotatable bonds is 8. The first-order chi connectivity index (χ1) is 18.2. The van der Waals surface area contributed by atoms with E-state index in [0.29, 0.717) is 41.7 Å². The molecule has 0 bridgehead atoms. The van der Waals surface area contributed by atoms with Crippen molar-refractivity contribution >= 4 is 17.5 Å². The molecule has 1 aliphatic heterocycles. The second-order valence-electron chi connectivity index (χ2n) is 11.3. The maximum absolute atomic E-state index is 13.7. The number of hydrogen-bond donors (Lipinski definition) is 2. The quantitative estimate of drug-likeness (QED) is 0.545. The summed E-state index contributed by atoms with van der Waals surface area (Å²) >= 11 is 0. The number of anilines is 1. The highest BCUT2D eigenvalue weighted by Crippen LogP contribution is 2.35. The van der Waals surface area contributed by atoms with Gasteiger partial charge in [0.25, 0.3) is 11.8 Å². The molecule has 2 N–H and O–H groups in total. The average Bonchev–Trinajstić information content (AvgIpc) is 3.24. The van der Waals surface area contributed by atoms with Gasteiger partial charge in [-0.2, -0.15) is 5.10 Å². The number of aliphatic hydroxyl groups is 1. The third-order valence-electron chi connectivity index (χ3n) is 7.96. The first-order valence-electron chi connectivity index (χ1n) is 13.9. The number of aryl methyl sites for hydroxylation is 2. The van der Waals surface area contributed by atoms with Crippen LogP contribution < -0.4 is 10.1 Å². The van der Waals surface area contributed by atoms with Crippen LogP contribution in [0.25, 0.3) is 0 Å². The van der Waals surface area contributed by atoms with E-state index in [4.69, 9.17) is 4.74 Å². The van der Waals surface area contributed by atoms with E-state index in [1.807, 2.05) is 13.8 Å². The Hall–Kier alpha value is -2.91. The minimum atomic E-state index is -0.341. The van der Waals surface area contributed by atoms with Crippen LogP contribution in [0.5, 0.6) is 5.75 Å². The Labute approximate surface area is 226 Å². The summed E-state index contributed by atoms with van der Waals surface area (Å²) in [5.74, 6) is 0.560. The predicted octanol–water partition coefficient (Wildman–Crippen LogP) is 3.71. The molecule has 2 aliphatic rings. The molecule has 9 heteroatoms. The zero-order valence-electron chi connectivity index (χ0n) is 23.4. The monoisotopic (exact) mass is 525 g/mol. The molecular weight excluding hydrogens is 482 g/mol. The smallest absolute Gasteiger partial charge is 0.274 e. The Kier molecular flexibility index (Phi) is 9.10. The summed E-state index contributed by atoms with van der Waals surface area (Å²) in [5, 5.41) is 17.2. The maximum Gasteiger partial charge on any atom is 0.274 e. The molecule has 1 saturated carbocycles. The largest absolute Gasteiger partial charge is 0.486 e. The molecule has 0 unspecified atom stereocenters. The number of nitrogens with one attached hydrogen (secondary N) is 1. The lowest BCUT2D eigenvalue weighted by Crippen LogP contribution is -2.50. The molecule has 1 fully saturated rings. The van der Waals surface area contributed by atoms with Crippen LogP contribution in [0, 0.1) is 18.8 Å². The van der Waals surface area contributed by atoms with E-state index in [1.165, 1.54) is 32.1 Å². The van der Waals surface area contributed by atoms with Crippen molar-refractivity contribution in [1.29, 1.82) is 0 Å². The number of ether oxygens (including phenoxy) is 1. The fraction of sp³-hybridized carbons (Fsp3) is 0.621. The zero-order valence-corrected chi connectivity index (χ0v) is 23.4. The first-order valence-corrected chi connectivity index (χ1v) is 13.9. The summed E-state index contributed by atoms with van der Waals surface area (Å²) in [4.78, 5) is 30.9. The summed E-state index contributed by atoms with van der Waals surface area (Å²) in [6.45, 7) is 7.86. The molecular formula is C29H43N5O4. The second-order valence-corrected chi connectivity index (χ2v) is 11.3. The van der Waals surface area contributed by atoms with Crippen molar-refractivity contribution in [3.63, 3.8) is 0 Å². The minimum Gasteiger partial charge on any atom is -0.486 e. The number of likely N-dealkylation sites (N-methyl/N-ethyl adjacent to an activating group) is 1. The SMILES string of the molecule is Cc1cc(C(=O)Nc2cccc3c2O[C@H](CN(C)CC2CCCCC2)[C@H](C)CN([C@@H](C)CO)C3=O)n(C)n1. The van der Waals surface area contributed by atoms with E-state index in [1.54, 1.807) is 40.9 Å². The van der Waals surface area contributed by atoms with Gasteiger partial charge in [-0.25, -0.2) is 0 Å². The van der Waals surface area contributed by atoms with Crippen LogP contribution in [0.2, 0.25) is 0 Å². The lowest BCUT2D eigenvalue weighted by Gasteiger charge is -2.39. The predicted molar refractivity (Wildman–Crippen MR) is 148 cm³/mol. The van der Waals surface area contributed by atoms with Crippen LogP contribution in [0.3, 0.4) is 0 Å². The number of benzene rings is 1. The lowest BCUT2D eigenvalue weighted by atomic mass is 9.89. The lowest BCUT2D eigenvalue weighted by molar-refractivity contribution is 0.0332. The van der Waals surface area contributed by atoms with Gasteiger partial charge >= 0.3 is 0 Å². The highest BCUT2D eigenvalue weighted by atomic mass is 16.5. The van der Waals surface area contributed by atoms with Crippen LogP contribution in [0.1, 0.15) is 72.5 Å². The highest BCUT2D eigenvalue weighted by molar-refractivity contribution is 6.06. The van der Waals surface area contributed by atoms with Gasteiger partial charge in [-0.3, -0.25) is 14.3 Å². The Morgan fingerprint density at radius 3 is 2.66 bits per heavy atom. The summed E-state index contributed by atoms with van der Waals surface area (Å²) < 4.78 is 8.20. The minimum absolute atomic E-state index is 0.0124. The number of carbonyl (C=O) groups excluding carboxylic acids is 2. The standard InChI is InChI=1S/C29H43N5O4/c1-19-15-34(21(3)18-35)29(37)23-12-9-13-24(30-28(36)25-14-20(2)31-33(25)5)27(23)38-26(19)17-32(4)16-22-10-7-6-8-11-22/h9,12-14,19,21-22,26,35H,6-8,10-11,15-18H2,1-5H3,(H,30,36)/t19-,21+,26-/m1/s1. The topological polar surface area (TPSA) is 99.9 Å². The van der Waals surface area contributed by atoms with Gasteiger partial charge < -0.3 is 25.0 Å². The van der Waals surface area contributed by atoms with Gasteiger partial charge in [-0.1, -0.05) is 32.3 Å². The van der Waals surface area contributed by atoms with Gasteiger partial charge in [-0.05, 0) is 57.9 Å². The Morgan fingerprint density at radius 1 is 1.26 bits per heavy atom. The van der Waals surface area contributed by atoms with Crippen molar-refractivity contribution in [3.05, 3.63) is 41.2 Å². The van der Waals surface area contributed by atoms with Gasteiger partial charge in [-0.15, -0.1) is 0 Å². The van der Waals surface area contributed by atoms with Crippen LogP contribution in [0.4, 0.5) is 5.69 Å². The number of amides is 2. The number of fused-ring (bicyclic) bond motifs is 1. The van der Waals surface area contributed by atoms with Crippen LogP contribution in [-0.4, -0.2) is 81.9 Å². The van der Waals surface area contributed by atoms with Crippen LogP contribution in [0.15, 0.2) is 24.3 Å². The van der Waals surface area contributed by atoms with E-state index in [0.717, 1.165) is 12.2 Å². The number of carbonyl (C=O) groups is 2. The molecule has 2 aromatic rings. The number of aromatic nitrogens is 2. The van der Waals surface area contributed by atoms with Crippen molar-refractivity contribution in [2.45, 2.75) is 65.0 Å². The van der Waals surface area contributed by atoms with E-state index in [2.05, 4.69) is 29.3 Å². The molecule has 0 spiro atoms. The van der Waals surface area contributed by atoms with Crippen molar-refractivity contribution in [3.8, 4) is 5.75 Å². The van der Waals surface area contributed by atoms with Gasteiger partial charge in [0.15, 0.2) is 5.75 Å². The molecule has 4 rings (SSSR count). The summed E-state index contributed by atoms with van der Waals surface area (Å²) in [6.07, 6.45) is 6.28. The normalized spacial score (nSPS) is 21.4. The molecule has 1 aromatic carbocycles. The average molecular weight is 526 g/mol. The van der Waals surface area contributed by atoms with E-state index in [-0.39, 0.29) is 36.5 Å². The molecule has 2 heterocycles. The number of nitrogens with zero attached hydrogens (tertiary/aromatic N) is 4. The molecule has 0 radical (unpaired) electrons. The summed E-state index contributed by atoms with van der Waals surface area (Å²) in [7, 11) is 3.87. The second kappa shape index (κ2) is 12.3. The Morgan fingerprint density at radius 2 is 2.00 bits per heavy atom. The van der Waals surface area contributed by atoms with Gasteiger partial charge in [0.1, 0.15) is 11.8 Å². The van der Waals surface area contributed by atoms with E-state index in [9.17, 15) is 14.7 Å². The number of aliphatic hydroxyl groups excluding tert-OH is 1. The molecule has 38 heavy (non-hydrogen) atoms. The molecule has 9 nitrogen and oxygen atoms in total. The van der Waals surface area contributed by atoms with Crippen molar-refractivity contribution < 1.29 is 19.4 Å².